The summed E-state index contributed by atoms with van der Waals surface area (Å²) in [5, 5.41) is 16.3. The van der Waals surface area contributed by atoms with Crippen LogP contribution in [-0.2, 0) is 13.1 Å². The van der Waals surface area contributed by atoms with E-state index in [9.17, 15) is 0 Å². The zero-order chi connectivity index (χ0) is 15.4. The Morgan fingerprint density at radius 1 is 1.43 bits per heavy atom. The van der Waals surface area contributed by atoms with Crippen LogP contribution in [0, 0.1) is 6.92 Å². The number of hydrogen-bond acceptors (Lipinski definition) is 4. The van der Waals surface area contributed by atoms with Gasteiger partial charge in [-0.2, -0.15) is 5.10 Å². The molecule has 112 valence electrons. The first-order valence-electron chi connectivity index (χ1n) is 6.87. The van der Waals surface area contributed by atoms with Crippen LogP contribution in [0.3, 0.4) is 0 Å². The maximum atomic E-state index is 8.76. The predicted molar refractivity (Wildman–Crippen MR) is 83.7 cm³/mol. The quantitative estimate of drug-likeness (QED) is 0.381. The summed E-state index contributed by atoms with van der Waals surface area (Å²) >= 11 is 0. The van der Waals surface area contributed by atoms with Crippen LogP contribution in [0.15, 0.2) is 35.5 Å². The highest BCUT2D eigenvalue weighted by Crippen LogP contribution is 2.18. The van der Waals surface area contributed by atoms with Gasteiger partial charge in [-0.3, -0.25) is 4.68 Å². The minimum atomic E-state index is 0.111. The van der Waals surface area contributed by atoms with Crippen molar-refractivity contribution >= 4 is 11.5 Å². The van der Waals surface area contributed by atoms with Crippen molar-refractivity contribution in [3.63, 3.8) is 0 Å². The molecule has 21 heavy (non-hydrogen) atoms. The molecule has 6 heteroatoms. The number of amidine groups is 1. The molecule has 0 spiro atoms. The van der Waals surface area contributed by atoms with E-state index < -0.39 is 0 Å². The Balaban J connectivity index is 2.22. The monoisotopic (exact) mass is 287 g/mol. The molecule has 2 rings (SSSR count). The fraction of sp³-hybridized carbons (Fsp3) is 0.333. The molecule has 0 aliphatic rings. The van der Waals surface area contributed by atoms with E-state index in [1.54, 1.807) is 0 Å². The van der Waals surface area contributed by atoms with Crippen LogP contribution in [0.4, 0.5) is 5.69 Å². The normalized spacial score (nSPS) is 11.7. The number of nitrogens with zero attached hydrogens (tertiary/aromatic N) is 4. The highest BCUT2D eigenvalue weighted by atomic mass is 16.4. The van der Waals surface area contributed by atoms with Crippen molar-refractivity contribution in [2.24, 2.45) is 10.9 Å². The molecule has 2 aromatic rings. The lowest BCUT2D eigenvalue weighted by atomic mass is 10.1. The number of nitrogens with two attached hydrogens (primary N) is 1. The maximum absolute atomic E-state index is 8.76. The standard InChI is InChI=1S/C15H21N5O/c1-4-20-14(8-11(2)17-20)10-19(3)13-7-5-6-12(9-13)15(16)18-21/h5-9,21H,4,10H2,1-3H3,(H2,16,18). The molecule has 0 unspecified atom stereocenters. The van der Waals surface area contributed by atoms with Crippen molar-refractivity contribution in [2.75, 3.05) is 11.9 Å². The third-order valence-corrected chi connectivity index (χ3v) is 3.37. The van der Waals surface area contributed by atoms with E-state index in [0.29, 0.717) is 5.56 Å². The van der Waals surface area contributed by atoms with Crippen molar-refractivity contribution in [1.29, 1.82) is 0 Å². The lowest BCUT2D eigenvalue weighted by Crippen LogP contribution is -2.20. The molecule has 0 fully saturated rings. The molecule has 3 N–H and O–H groups in total. The number of rotatable bonds is 5. The minimum absolute atomic E-state index is 0.111. The highest BCUT2D eigenvalue weighted by Gasteiger charge is 2.09. The summed E-state index contributed by atoms with van der Waals surface area (Å²) in [5.74, 6) is 0.111. The van der Waals surface area contributed by atoms with E-state index in [0.717, 1.165) is 30.2 Å². The first kappa shape index (κ1) is 14.9. The van der Waals surface area contributed by atoms with Gasteiger partial charge in [0.1, 0.15) is 0 Å². The van der Waals surface area contributed by atoms with Crippen molar-refractivity contribution in [2.45, 2.75) is 26.9 Å². The smallest absolute Gasteiger partial charge is 0.170 e. The highest BCUT2D eigenvalue weighted by molar-refractivity contribution is 5.97. The third kappa shape index (κ3) is 3.34. The molecule has 0 saturated heterocycles. The average Bonchev–Trinajstić information content (AvgIpc) is 2.86. The molecule has 1 aromatic heterocycles. The van der Waals surface area contributed by atoms with Crippen LogP contribution in [0.25, 0.3) is 0 Å². The number of hydrogen-bond donors (Lipinski definition) is 2. The Morgan fingerprint density at radius 3 is 2.86 bits per heavy atom. The SMILES string of the molecule is CCn1nc(C)cc1CN(C)c1cccc(C(N)=NO)c1. The molecule has 0 amide bonds. The van der Waals surface area contributed by atoms with Gasteiger partial charge in [-0.05, 0) is 32.0 Å². The fourth-order valence-corrected chi connectivity index (χ4v) is 2.29. The Labute approximate surface area is 124 Å². The maximum Gasteiger partial charge on any atom is 0.170 e. The zero-order valence-electron chi connectivity index (χ0n) is 12.6. The summed E-state index contributed by atoms with van der Waals surface area (Å²) in [6, 6.07) is 9.68. The van der Waals surface area contributed by atoms with Crippen molar-refractivity contribution < 1.29 is 5.21 Å². The topological polar surface area (TPSA) is 79.7 Å². The summed E-state index contributed by atoms with van der Waals surface area (Å²) < 4.78 is 2.00. The lowest BCUT2D eigenvalue weighted by Gasteiger charge is -2.20. The largest absolute Gasteiger partial charge is 0.409 e. The van der Waals surface area contributed by atoms with Gasteiger partial charge < -0.3 is 15.8 Å². The molecule has 1 aromatic carbocycles. The number of aromatic nitrogens is 2. The molecule has 0 aliphatic carbocycles. The van der Waals surface area contributed by atoms with Gasteiger partial charge in [-0.1, -0.05) is 17.3 Å². The van der Waals surface area contributed by atoms with E-state index >= 15 is 0 Å². The summed E-state index contributed by atoms with van der Waals surface area (Å²) in [6.07, 6.45) is 0. The van der Waals surface area contributed by atoms with Gasteiger partial charge in [0.15, 0.2) is 5.84 Å². The van der Waals surface area contributed by atoms with Crippen LogP contribution < -0.4 is 10.6 Å². The third-order valence-electron chi connectivity index (χ3n) is 3.37. The molecular weight excluding hydrogens is 266 g/mol. The average molecular weight is 287 g/mol. The van der Waals surface area contributed by atoms with Crippen LogP contribution in [-0.4, -0.2) is 27.9 Å². The second-order valence-corrected chi connectivity index (χ2v) is 4.98. The molecule has 0 bridgehead atoms. The van der Waals surface area contributed by atoms with E-state index in [1.807, 2.05) is 42.9 Å². The van der Waals surface area contributed by atoms with Gasteiger partial charge >= 0.3 is 0 Å². The van der Waals surface area contributed by atoms with Crippen LogP contribution >= 0.6 is 0 Å². The lowest BCUT2D eigenvalue weighted by molar-refractivity contribution is 0.318. The Bertz CT molecular complexity index is 647. The fourth-order valence-electron chi connectivity index (χ4n) is 2.29. The molecule has 1 heterocycles. The first-order chi connectivity index (χ1) is 10.0. The van der Waals surface area contributed by atoms with E-state index in [1.165, 1.54) is 0 Å². The summed E-state index contributed by atoms with van der Waals surface area (Å²) in [4.78, 5) is 2.11. The van der Waals surface area contributed by atoms with Gasteiger partial charge in [0.25, 0.3) is 0 Å². The van der Waals surface area contributed by atoms with Crippen LogP contribution in [0.1, 0.15) is 23.9 Å². The van der Waals surface area contributed by atoms with Crippen molar-refractivity contribution in [1.82, 2.24) is 9.78 Å². The Kier molecular flexibility index (Phi) is 4.47. The summed E-state index contributed by atoms with van der Waals surface area (Å²) in [7, 11) is 2.01. The van der Waals surface area contributed by atoms with Gasteiger partial charge in [-0.25, -0.2) is 0 Å². The summed E-state index contributed by atoms with van der Waals surface area (Å²) in [6.45, 7) is 5.67. The molecule has 6 nitrogen and oxygen atoms in total. The second-order valence-electron chi connectivity index (χ2n) is 4.98. The number of aryl methyl sites for hydroxylation is 2. The van der Waals surface area contributed by atoms with Gasteiger partial charge in [0, 0.05) is 24.8 Å². The number of anilines is 1. The van der Waals surface area contributed by atoms with Crippen LogP contribution in [0.2, 0.25) is 0 Å². The van der Waals surface area contributed by atoms with Crippen molar-refractivity contribution in [3.05, 3.63) is 47.3 Å². The van der Waals surface area contributed by atoms with E-state index in [4.69, 9.17) is 10.9 Å². The molecular formula is C15H21N5O. The molecule has 0 radical (unpaired) electrons. The van der Waals surface area contributed by atoms with E-state index in [-0.39, 0.29) is 5.84 Å². The zero-order valence-corrected chi connectivity index (χ0v) is 12.6. The van der Waals surface area contributed by atoms with Crippen LogP contribution in [0.5, 0.6) is 0 Å². The molecule has 0 saturated carbocycles. The molecule has 0 aliphatic heterocycles. The number of benzene rings is 1. The van der Waals surface area contributed by atoms with Gasteiger partial charge in [0.2, 0.25) is 0 Å². The first-order valence-corrected chi connectivity index (χ1v) is 6.87. The second kappa shape index (κ2) is 6.30. The van der Waals surface area contributed by atoms with Crippen molar-refractivity contribution in [3.8, 4) is 0 Å². The molecule has 0 atom stereocenters. The predicted octanol–water partition coefficient (Wildman–Crippen LogP) is 1.94. The summed E-state index contributed by atoms with van der Waals surface area (Å²) in [5.41, 5.74) is 9.51. The van der Waals surface area contributed by atoms with Gasteiger partial charge in [0.05, 0.1) is 17.9 Å². The minimum Gasteiger partial charge on any atom is -0.409 e. The van der Waals surface area contributed by atoms with Gasteiger partial charge in [-0.15, -0.1) is 0 Å². The van der Waals surface area contributed by atoms with E-state index in [2.05, 4.69) is 28.1 Å². The Morgan fingerprint density at radius 2 is 2.19 bits per heavy atom. The number of oxime groups is 1. The Hall–Kier alpha value is -2.50.